The molecule has 1 N–H and O–H groups in total. The third-order valence-corrected chi connectivity index (χ3v) is 4.13. The van der Waals surface area contributed by atoms with Crippen molar-refractivity contribution in [1.82, 2.24) is 4.90 Å². The molecule has 1 saturated heterocycles. The molecule has 0 saturated carbocycles. The predicted molar refractivity (Wildman–Crippen MR) is 77.0 cm³/mol. The predicted octanol–water partition coefficient (Wildman–Crippen LogP) is 3.28. The van der Waals surface area contributed by atoms with Crippen molar-refractivity contribution in [2.75, 3.05) is 13.2 Å². The number of hydrogen-bond donors (Lipinski definition) is 1. The fourth-order valence-corrected chi connectivity index (χ4v) is 3.21. The molecule has 100 valence electrons. The molecule has 2 aromatic carbocycles. The Kier molecular flexibility index (Phi) is 3.72. The summed E-state index contributed by atoms with van der Waals surface area (Å²) in [6.45, 7) is 1.25. The molecular weight excluding hydrogens is 234 g/mol. The van der Waals surface area contributed by atoms with Gasteiger partial charge in [0.25, 0.3) is 0 Å². The normalized spacial score (nSPS) is 21.6. The molecule has 0 amide bonds. The molecular formula is C17H20NO-. The van der Waals surface area contributed by atoms with Crippen molar-refractivity contribution < 1.29 is 5.11 Å². The van der Waals surface area contributed by atoms with E-state index in [1.54, 1.807) is 0 Å². The van der Waals surface area contributed by atoms with Crippen molar-refractivity contribution in [2.45, 2.75) is 24.9 Å². The smallest absolute Gasteiger partial charge is 0.0628 e. The van der Waals surface area contributed by atoms with Crippen molar-refractivity contribution in [1.29, 1.82) is 0 Å². The van der Waals surface area contributed by atoms with Gasteiger partial charge in [-0.05, 0) is 24.9 Å². The number of benzene rings is 1. The Morgan fingerprint density at radius 2 is 2.05 bits per heavy atom. The van der Waals surface area contributed by atoms with E-state index in [1.807, 2.05) is 18.2 Å². The van der Waals surface area contributed by atoms with Crippen molar-refractivity contribution in [2.24, 2.45) is 0 Å². The van der Waals surface area contributed by atoms with Gasteiger partial charge in [-0.15, -0.1) is 0 Å². The molecule has 19 heavy (non-hydrogen) atoms. The molecule has 0 aromatic heterocycles. The SMILES string of the molecule is OC[C@@H](c1ccccc1)N1CCC[C@@H]1c1ccc[cH-]1. The van der Waals surface area contributed by atoms with Gasteiger partial charge >= 0.3 is 0 Å². The largest absolute Gasteiger partial charge is 0.394 e. The molecule has 2 nitrogen and oxygen atoms in total. The number of rotatable bonds is 4. The third-order valence-electron chi connectivity index (χ3n) is 4.13. The lowest BCUT2D eigenvalue weighted by molar-refractivity contribution is 0.112. The first kappa shape index (κ1) is 12.5. The molecule has 3 rings (SSSR count). The topological polar surface area (TPSA) is 23.5 Å². The van der Waals surface area contributed by atoms with Crippen LogP contribution in [0.3, 0.4) is 0 Å². The van der Waals surface area contributed by atoms with Crippen molar-refractivity contribution in [3.8, 4) is 0 Å². The van der Waals surface area contributed by atoms with Crippen LogP contribution in [-0.4, -0.2) is 23.2 Å². The first-order chi connectivity index (χ1) is 9.40. The Hall–Kier alpha value is -1.51. The van der Waals surface area contributed by atoms with Crippen LogP contribution in [0.1, 0.15) is 36.1 Å². The Balaban J connectivity index is 1.87. The van der Waals surface area contributed by atoms with Crippen LogP contribution in [0.4, 0.5) is 0 Å². The van der Waals surface area contributed by atoms with E-state index < -0.39 is 0 Å². The standard InChI is InChI=1S/C17H20NO/c19-13-17(15-7-2-1-3-8-15)18-12-6-11-16(18)14-9-4-5-10-14/h1-5,7-10,16-17,19H,6,11-13H2/q-1/t16-,17+/m1/s1. The maximum atomic E-state index is 9.81. The molecule has 0 bridgehead atoms. The van der Waals surface area contributed by atoms with Gasteiger partial charge in [-0.3, -0.25) is 4.90 Å². The van der Waals surface area contributed by atoms with Crippen LogP contribution in [0.15, 0.2) is 54.6 Å². The molecule has 2 atom stereocenters. The fourth-order valence-electron chi connectivity index (χ4n) is 3.21. The second kappa shape index (κ2) is 5.64. The number of aliphatic hydroxyl groups is 1. The van der Waals surface area contributed by atoms with E-state index in [2.05, 4.69) is 41.3 Å². The molecule has 0 unspecified atom stereocenters. The van der Waals surface area contributed by atoms with E-state index in [-0.39, 0.29) is 12.6 Å². The van der Waals surface area contributed by atoms with Gasteiger partial charge in [0.15, 0.2) is 0 Å². The highest BCUT2D eigenvalue weighted by Crippen LogP contribution is 2.38. The fraction of sp³-hybridized carbons (Fsp3) is 0.353. The molecule has 1 fully saturated rings. The number of hydrogen-bond acceptors (Lipinski definition) is 2. The molecule has 1 aliphatic rings. The average molecular weight is 254 g/mol. The summed E-state index contributed by atoms with van der Waals surface area (Å²) >= 11 is 0. The zero-order valence-corrected chi connectivity index (χ0v) is 11.1. The minimum absolute atomic E-state index is 0.114. The van der Waals surface area contributed by atoms with Crippen LogP contribution in [0, 0.1) is 0 Å². The average Bonchev–Trinajstić information content (AvgIpc) is 3.11. The highest BCUT2D eigenvalue weighted by Gasteiger charge is 2.30. The van der Waals surface area contributed by atoms with Gasteiger partial charge in [0.1, 0.15) is 0 Å². The van der Waals surface area contributed by atoms with Gasteiger partial charge in [-0.1, -0.05) is 30.3 Å². The van der Waals surface area contributed by atoms with Crippen molar-refractivity contribution in [3.05, 3.63) is 65.7 Å². The first-order valence-corrected chi connectivity index (χ1v) is 7.03. The summed E-state index contributed by atoms with van der Waals surface area (Å²) < 4.78 is 0. The second-order valence-electron chi connectivity index (χ2n) is 5.22. The van der Waals surface area contributed by atoms with Gasteiger partial charge in [0.05, 0.1) is 12.6 Å². The summed E-state index contributed by atoms with van der Waals surface area (Å²) in [5.41, 5.74) is 2.59. The van der Waals surface area contributed by atoms with Gasteiger partial charge in [-0.25, -0.2) is 12.1 Å². The minimum Gasteiger partial charge on any atom is -0.394 e. The molecule has 2 aromatic rings. The lowest BCUT2D eigenvalue weighted by Gasteiger charge is -2.33. The van der Waals surface area contributed by atoms with E-state index in [0.717, 1.165) is 6.54 Å². The molecule has 0 spiro atoms. The number of aliphatic hydroxyl groups excluding tert-OH is 1. The van der Waals surface area contributed by atoms with E-state index in [9.17, 15) is 5.11 Å². The molecule has 0 radical (unpaired) electrons. The van der Waals surface area contributed by atoms with E-state index in [1.165, 1.54) is 24.0 Å². The van der Waals surface area contributed by atoms with Crippen LogP contribution in [-0.2, 0) is 0 Å². The van der Waals surface area contributed by atoms with Crippen LogP contribution in [0.25, 0.3) is 0 Å². The Bertz CT molecular complexity index is 491. The second-order valence-corrected chi connectivity index (χ2v) is 5.22. The molecule has 0 aliphatic carbocycles. The van der Waals surface area contributed by atoms with Crippen molar-refractivity contribution >= 4 is 0 Å². The Labute approximate surface area is 114 Å². The molecule has 1 aliphatic heterocycles. The highest BCUT2D eigenvalue weighted by atomic mass is 16.3. The van der Waals surface area contributed by atoms with Gasteiger partial charge in [-0.2, -0.15) is 17.7 Å². The maximum Gasteiger partial charge on any atom is 0.0628 e. The lowest BCUT2D eigenvalue weighted by Crippen LogP contribution is -2.30. The monoisotopic (exact) mass is 254 g/mol. The maximum absolute atomic E-state index is 9.81. The van der Waals surface area contributed by atoms with Gasteiger partial charge in [0, 0.05) is 6.04 Å². The third kappa shape index (κ3) is 2.46. The molecule has 2 heteroatoms. The van der Waals surface area contributed by atoms with E-state index >= 15 is 0 Å². The highest BCUT2D eigenvalue weighted by molar-refractivity contribution is 5.24. The van der Waals surface area contributed by atoms with Crippen LogP contribution in [0.5, 0.6) is 0 Å². The van der Waals surface area contributed by atoms with Crippen molar-refractivity contribution in [3.63, 3.8) is 0 Å². The molecule has 1 heterocycles. The summed E-state index contributed by atoms with van der Waals surface area (Å²) in [7, 11) is 0. The van der Waals surface area contributed by atoms with Crippen LogP contribution >= 0.6 is 0 Å². The summed E-state index contributed by atoms with van der Waals surface area (Å²) in [5.74, 6) is 0. The van der Waals surface area contributed by atoms with Crippen LogP contribution < -0.4 is 0 Å². The number of nitrogens with zero attached hydrogens (tertiary/aromatic N) is 1. The van der Waals surface area contributed by atoms with E-state index in [0.29, 0.717) is 6.04 Å². The Morgan fingerprint density at radius 1 is 1.21 bits per heavy atom. The van der Waals surface area contributed by atoms with Gasteiger partial charge in [0.2, 0.25) is 0 Å². The number of likely N-dealkylation sites (tertiary alicyclic amines) is 1. The summed E-state index contributed by atoms with van der Waals surface area (Å²) in [6.07, 6.45) is 2.40. The van der Waals surface area contributed by atoms with Gasteiger partial charge < -0.3 is 5.11 Å². The first-order valence-electron chi connectivity index (χ1n) is 7.03. The Morgan fingerprint density at radius 3 is 2.74 bits per heavy atom. The zero-order chi connectivity index (χ0) is 13.1. The summed E-state index contributed by atoms with van der Waals surface area (Å²) in [4.78, 5) is 2.45. The van der Waals surface area contributed by atoms with E-state index in [4.69, 9.17) is 0 Å². The lowest BCUT2D eigenvalue weighted by atomic mass is 10.0. The zero-order valence-electron chi connectivity index (χ0n) is 11.1. The summed E-state index contributed by atoms with van der Waals surface area (Å²) in [6, 6.07) is 19.5. The van der Waals surface area contributed by atoms with Crippen LogP contribution in [0.2, 0.25) is 0 Å². The summed E-state index contributed by atoms with van der Waals surface area (Å²) in [5, 5.41) is 9.81. The quantitative estimate of drug-likeness (QED) is 0.846. The minimum atomic E-state index is 0.114.